The summed E-state index contributed by atoms with van der Waals surface area (Å²) in [6.07, 6.45) is 0. The summed E-state index contributed by atoms with van der Waals surface area (Å²) in [6, 6.07) is 9.41. The Morgan fingerprint density at radius 2 is 1.75 bits per heavy atom. The van der Waals surface area contributed by atoms with Gasteiger partial charge in [0.1, 0.15) is 0 Å². The van der Waals surface area contributed by atoms with Crippen LogP contribution in [-0.2, 0) is 0 Å². The summed E-state index contributed by atoms with van der Waals surface area (Å²) in [5.41, 5.74) is 0.813. The van der Waals surface area contributed by atoms with Crippen molar-refractivity contribution in [2.45, 2.75) is 0 Å². The molecule has 0 amide bonds. The lowest BCUT2D eigenvalue weighted by Gasteiger charge is -1.84. The van der Waals surface area contributed by atoms with E-state index in [2.05, 4.69) is 4.99 Å². The zero-order valence-electron chi connectivity index (χ0n) is 4.41. The molecule has 0 aromatic heterocycles. The maximum Gasteiger partial charge on any atom is 0.0630 e. The van der Waals surface area contributed by atoms with Gasteiger partial charge in [0.05, 0.1) is 5.69 Å². The van der Waals surface area contributed by atoms with E-state index < -0.39 is 0 Å². The quantitative estimate of drug-likeness (QED) is 0.482. The fourth-order valence-corrected chi connectivity index (χ4v) is 0.514. The summed E-state index contributed by atoms with van der Waals surface area (Å²) in [5.74, 6) is 0. The predicted molar refractivity (Wildman–Crippen MR) is 34.6 cm³/mol. The van der Waals surface area contributed by atoms with Crippen LogP contribution in [0, 0.1) is 0 Å². The zero-order chi connectivity index (χ0) is 5.82. The lowest BCUT2D eigenvalue weighted by molar-refractivity contribution is 1.55. The number of benzene rings is 1. The Bertz CT molecular complexity index is 167. The molecule has 1 nitrogen and oxygen atoms in total. The SMILES string of the molecule is [CH]=Nc1ccccc1. The third-order valence-electron chi connectivity index (χ3n) is 0.905. The molecule has 0 bridgehead atoms. The summed E-state index contributed by atoms with van der Waals surface area (Å²) in [4.78, 5) is 3.47. The van der Waals surface area contributed by atoms with Gasteiger partial charge in [0.2, 0.25) is 0 Å². The Kier molecular flexibility index (Phi) is 1.42. The molecule has 1 aromatic rings. The molecule has 1 aromatic carbocycles. The maximum absolute atomic E-state index is 4.97. The summed E-state index contributed by atoms with van der Waals surface area (Å²) >= 11 is 0. The fourth-order valence-electron chi connectivity index (χ4n) is 0.514. The van der Waals surface area contributed by atoms with Gasteiger partial charge in [-0.25, -0.2) is 0 Å². The van der Waals surface area contributed by atoms with E-state index in [0.29, 0.717) is 0 Å². The van der Waals surface area contributed by atoms with E-state index in [4.69, 9.17) is 6.72 Å². The second kappa shape index (κ2) is 2.26. The van der Waals surface area contributed by atoms with Gasteiger partial charge in [0.15, 0.2) is 0 Å². The maximum atomic E-state index is 4.97. The second-order valence-electron chi connectivity index (χ2n) is 1.46. The number of para-hydroxylation sites is 1. The Morgan fingerprint density at radius 1 is 1.12 bits per heavy atom. The highest BCUT2D eigenvalue weighted by Gasteiger charge is 1.77. The molecule has 0 aliphatic rings. The molecule has 0 unspecified atom stereocenters. The molecule has 0 aliphatic heterocycles. The Morgan fingerprint density at radius 3 is 2.12 bits per heavy atom. The monoisotopic (exact) mass is 104 g/mol. The van der Waals surface area contributed by atoms with Crippen molar-refractivity contribution in [1.82, 2.24) is 0 Å². The number of nitrogens with zero attached hydrogens (tertiary/aromatic N) is 1. The van der Waals surface area contributed by atoms with Crippen molar-refractivity contribution in [2.24, 2.45) is 4.99 Å². The van der Waals surface area contributed by atoms with Crippen LogP contribution in [-0.4, -0.2) is 6.72 Å². The molecular weight excluding hydrogens is 98.1 g/mol. The smallest absolute Gasteiger partial charge is 0.0630 e. The van der Waals surface area contributed by atoms with Gasteiger partial charge in [-0.3, -0.25) is 4.99 Å². The largest absolute Gasteiger partial charge is 0.255 e. The average molecular weight is 104 g/mol. The summed E-state index contributed by atoms with van der Waals surface area (Å²) < 4.78 is 0. The molecule has 0 aliphatic carbocycles. The predicted octanol–water partition coefficient (Wildman–Crippen LogP) is 1.90. The van der Waals surface area contributed by atoms with E-state index in [1.165, 1.54) is 0 Å². The summed E-state index contributed by atoms with van der Waals surface area (Å²) in [7, 11) is 0. The van der Waals surface area contributed by atoms with Crippen LogP contribution in [0.25, 0.3) is 0 Å². The first kappa shape index (κ1) is 5.04. The minimum absolute atomic E-state index is 0.813. The van der Waals surface area contributed by atoms with Crippen LogP contribution in [0.3, 0.4) is 0 Å². The van der Waals surface area contributed by atoms with E-state index in [9.17, 15) is 0 Å². The van der Waals surface area contributed by atoms with Crippen LogP contribution in [0.1, 0.15) is 0 Å². The molecule has 1 rings (SSSR count). The normalized spacial score (nSPS) is 8.50. The van der Waals surface area contributed by atoms with Gasteiger partial charge in [-0.15, -0.1) is 0 Å². The average Bonchev–Trinajstić information content (AvgIpc) is 1.90. The van der Waals surface area contributed by atoms with Gasteiger partial charge in [0.25, 0.3) is 0 Å². The number of aliphatic imine (C=N–C) groups is 1. The van der Waals surface area contributed by atoms with Crippen LogP contribution in [0.4, 0.5) is 5.69 Å². The van der Waals surface area contributed by atoms with Crippen molar-refractivity contribution >= 4 is 12.4 Å². The first-order chi connectivity index (χ1) is 3.93. The first-order valence-electron chi connectivity index (χ1n) is 2.39. The molecule has 0 fully saturated rings. The molecule has 0 spiro atoms. The minimum Gasteiger partial charge on any atom is -0.255 e. The zero-order valence-corrected chi connectivity index (χ0v) is 4.41. The molecule has 0 atom stereocenters. The van der Waals surface area contributed by atoms with E-state index in [-0.39, 0.29) is 0 Å². The first-order valence-corrected chi connectivity index (χ1v) is 2.39. The Balaban J connectivity index is 2.99. The van der Waals surface area contributed by atoms with E-state index in [1.54, 1.807) is 0 Å². The lowest BCUT2D eigenvalue weighted by Crippen LogP contribution is -1.57. The van der Waals surface area contributed by atoms with Crippen LogP contribution in [0.2, 0.25) is 0 Å². The number of hydrogen-bond acceptors (Lipinski definition) is 1. The van der Waals surface area contributed by atoms with Crippen LogP contribution in [0.15, 0.2) is 35.3 Å². The van der Waals surface area contributed by atoms with Gasteiger partial charge in [-0.2, -0.15) is 0 Å². The van der Waals surface area contributed by atoms with Crippen molar-refractivity contribution in [3.05, 3.63) is 30.3 Å². The van der Waals surface area contributed by atoms with Gasteiger partial charge < -0.3 is 0 Å². The molecule has 8 heavy (non-hydrogen) atoms. The van der Waals surface area contributed by atoms with Gasteiger partial charge in [-0.1, -0.05) is 18.2 Å². The Labute approximate surface area is 48.7 Å². The Hall–Kier alpha value is -1.11. The highest BCUT2D eigenvalue weighted by molar-refractivity contribution is 5.44. The molecule has 1 radical (unpaired) electrons. The number of hydrogen-bond donors (Lipinski definition) is 0. The summed E-state index contributed by atoms with van der Waals surface area (Å²) in [5, 5.41) is 0. The topological polar surface area (TPSA) is 12.4 Å². The van der Waals surface area contributed by atoms with E-state index in [1.807, 2.05) is 30.3 Å². The molecular formula is C7H6N. The van der Waals surface area contributed by atoms with Crippen molar-refractivity contribution in [3.8, 4) is 0 Å². The minimum atomic E-state index is 0.813. The van der Waals surface area contributed by atoms with Crippen molar-refractivity contribution in [3.63, 3.8) is 0 Å². The molecule has 0 N–H and O–H groups in total. The lowest BCUT2D eigenvalue weighted by atomic mass is 10.3. The van der Waals surface area contributed by atoms with Crippen LogP contribution >= 0.6 is 0 Å². The third kappa shape index (κ3) is 0.936. The fraction of sp³-hybridized carbons (Fsp3) is 0. The highest BCUT2D eigenvalue weighted by atomic mass is 14.7. The summed E-state index contributed by atoms with van der Waals surface area (Å²) in [6.45, 7) is 4.97. The van der Waals surface area contributed by atoms with Crippen molar-refractivity contribution in [1.29, 1.82) is 0 Å². The van der Waals surface area contributed by atoms with Crippen molar-refractivity contribution in [2.75, 3.05) is 0 Å². The standard InChI is InChI=1S/C7H6N/c1-8-7-5-3-2-4-6-7/h1-6H. The van der Waals surface area contributed by atoms with Crippen LogP contribution < -0.4 is 0 Å². The highest BCUT2D eigenvalue weighted by Crippen LogP contribution is 2.06. The third-order valence-corrected chi connectivity index (χ3v) is 0.905. The number of rotatable bonds is 1. The van der Waals surface area contributed by atoms with Gasteiger partial charge >= 0.3 is 0 Å². The molecule has 0 saturated carbocycles. The van der Waals surface area contributed by atoms with E-state index in [0.717, 1.165) is 5.69 Å². The molecule has 0 heterocycles. The van der Waals surface area contributed by atoms with Crippen LogP contribution in [0.5, 0.6) is 0 Å². The molecule has 39 valence electrons. The van der Waals surface area contributed by atoms with E-state index >= 15 is 0 Å². The van der Waals surface area contributed by atoms with Gasteiger partial charge in [-0.05, 0) is 12.1 Å². The molecule has 1 heteroatoms. The molecule has 0 saturated heterocycles. The van der Waals surface area contributed by atoms with Crippen molar-refractivity contribution < 1.29 is 0 Å². The van der Waals surface area contributed by atoms with Gasteiger partial charge in [0, 0.05) is 6.72 Å². The second-order valence-corrected chi connectivity index (χ2v) is 1.46.